The number of amides is 1. The highest BCUT2D eigenvalue weighted by Gasteiger charge is 2.22. The van der Waals surface area contributed by atoms with E-state index < -0.39 is 28.5 Å². The van der Waals surface area contributed by atoms with E-state index in [4.69, 9.17) is 4.74 Å². The van der Waals surface area contributed by atoms with Crippen LogP contribution < -0.4 is 15.3 Å². The van der Waals surface area contributed by atoms with Crippen LogP contribution in [0.4, 0.5) is 0 Å². The number of sulfonamides is 1. The Morgan fingerprint density at radius 1 is 1.13 bits per heavy atom. The Morgan fingerprint density at radius 3 is 2.50 bits per heavy atom. The highest BCUT2D eigenvalue weighted by atomic mass is 32.2. The summed E-state index contributed by atoms with van der Waals surface area (Å²) in [6, 6.07) is 12.2. The minimum Gasteiger partial charge on any atom is -0.546 e. The van der Waals surface area contributed by atoms with Gasteiger partial charge in [0.05, 0.1) is 17.1 Å². The monoisotopic (exact) mass is 432 g/mol. The summed E-state index contributed by atoms with van der Waals surface area (Å²) in [4.78, 5) is 22.9. The molecule has 0 radical (unpaired) electrons. The summed E-state index contributed by atoms with van der Waals surface area (Å²) < 4.78 is 31.6. The van der Waals surface area contributed by atoms with Gasteiger partial charge in [-0.15, -0.1) is 0 Å². The third-order valence-electron chi connectivity index (χ3n) is 4.07. The molecule has 0 aliphatic rings. The first-order valence-corrected chi connectivity index (χ1v) is 10.6. The maximum Gasteiger partial charge on any atom is 0.271 e. The van der Waals surface area contributed by atoms with Crippen molar-refractivity contribution in [2.24, 2.45) is 5.10 Å². The molecule has 30 heavy (non-hydrogen) atoms. The van der Waals surface area contributed by atoms with Gasteiger partial charge in [0, 0.05) is 24.2 Å². The fourth-order valence-corrected chi connectivity index (χ4v) is 4.10. The van der Waals surface area contributed by atoms with Crippen molar-refractivity contribution < 1.29 is 27.9 Å². The molecule has 9 nitrogen and oxygen atoms in total. The number of nitrogens with one attached hydrogen (secondary N) is 1. The van der Waals surface area contributed by atoms with Crippen molar-refractivity contribution >= 4 is 28.1 Å². The maximum atomic E-state index is 12.6. The molecule has 0 saturated heterocycles. The number of carboxylic acids is 1. The Hall–Kier alpha value is -3.24. The Labute approximate surface area is 175 Å². The molecule has 0 aliphatic heterocycles. The second kappa shape index (κ2) is 10.5. The molecule has 2 aromatic rings. The van der Waals surface area contributed by atoms with Crippen LogP contribution in [0.1, 0.15) is 29.8 Å². The van der Waals surface area contributed by atoms with Crippen LogP contribution in [0.5, 0.6) is 5.75 Å². The number of hydrogen-bond donors (Lipinski definition) is 1. The zero-order valence-corrected chi connectivity index (χ0v) is 17.4. The van der Waals surface area contributed by atoms with Gasteiger partial charge in [-0.1, -0.05) is 32.0 Å². The number of benzene rings is 2. The maximum absolute atomic E-state index is 12.6. The van der Waals surface area contributed by atoms with E-state index in [2.05, 4.69) is 10.5 Å². The van der Waals surface area contributed by atoms with Gasteiger partial charge in [0.1, 0.15) is 12.4 Å². The van der Waals surface area contributed by atoms with Crippen LogP contribution in [-0.2, 0) is 14.8 Å². The molecule has 2 rings (SSSR count). The van der Waals surface area contributed by atoms with Crippen molar-refractivity contribution in [3.63, 3.8) is 0 Å². The number of aliphatic carboxylic acids is 1. The molecule has 0 spiro atoms. The Morgan fingerprint density at radius 2 is 1.83 bits per heavy atom. The number of ether oxygens (including phenoxy) is 1. The summed E-state index contributed by atoms with van der Waals surface area (Å²) in [7, 11) is -3.69. The van der Waals surface area contributed by atoms with Crippen molar-refractivity contribution in [2.75, 3.05) is 19.7 Å². The first-order valence-electron chi connectivity index (χ1n) is 9.14. The fraction of sp³-hybridized carbons (Fsp3) is 0.250. The highest BCUT2D eigenvalue weighted by molar-refractivity contribution is 7.89. The van der Waals surface area contributed by atoms with Crippen LogP contribution in [0, 0.1) is 0 Å². The third-order valence-corrected chi connectivity index (χ3v) is 6.12. The lowest BCUT2D eigenvalue weighted by Crippen LogP contribution is -2.30. The summed E-state index contributed by atoms with van der Waals surface area (Å²) >= 11 is 0. The normalized spacial score (nSPS) is 11.6. The molecule has 0 heterocycles. The van der Waals surface area contributed by atoms with Crippen molar-refractivity contribution in [2.45, 2.75) is 18.7 Å². The van der Waals surface area contributed by atoms with E-state index in [-0.39, 0.29) is 16.2 Å². The van der Waals surface area contributed by atoms with Crippen molar-refractivity contribution in [3.8, 4) is 5.75 Å². The lowest BCUT2D eigenvalue weighted by molar-refractivity contribution is -0.307. The molecule has 0 aromatic heterocycles. The average molecular weight is 432 g/mol. The van der Waals surface area contributed by atoms with E-state index in [1.807, 2.05) is 0 Å². The number of carbonyl (C=O) groups excluding carboxylic acids is 2. The van der Waals surface area contributed by atoms with Gasteiger partial charge in [-0.25, -0.2) is 13.8 Å². The number of carboxylic acid groups (broad SMARTS) is 1. The topological polar surface area (TPSA) is 128 Å². The van der Waals surface area contributed by atoms with Crippen LogP contribution >= 0.6 is 0 Å². The second-order valence-corrected chi connectivity index (χ2v) is 7.95. The van der Waals surface area contributed by atoms with Gasteiger partial charge < -0.3 is 14.6 Å². The Bertz CT molecular complexity index is 1030. The third kappa shape index (κ3) is 5.88. The SMILES string of the molecule is CCN(CC)S(=O)(=O)c1cccc(C(=O)N/N=C\c2ccccc2OCC(=O)[O-])c1. The molecule has 0 atom stereocenters. The zero-order valence-electron chi connectivity index (χ0n) is 16.6. The first kappa shape index (κ1) is 23.0. The van der Waals surface area contributed by atoms with Gasteiger partial charge in [-0.3, -0.25) is 4.79 Å². The number of hydrazone groups is 1. The van der Waals surface area contributed by atoms with Crippen LogP contribution in [0.25, 0.3) is 0 Å². The number of para-hydroxylation sites is 1. The fourth-order valence-electron chi connectivity index (χ4n) is 2.59. The van der Waals surface area contributed by atoms with Gasteiger partial charge in [-0.2, -0.15) is 9.41 Å². The predicted octanol–water partition coefficient (Wildman–Crippen LogP) is 0.610. The van der Waals surface area contributed by atoms with Crippen molar-refractivity contribution in [3.05, 3.63) is 59.7 Å². The molecule has 0 fully saturated rings. The summed E-state index contributed by atoms with van der Waals surface area (Å²) in [6.07, 6.45) is 1.29. The van der Waals surface area contributed by atoms with Crippen LogP contribution in [0.2, 0.25) is 0 Å². The summed E-state index contributed by atoms with van der Waals surface area (Å²) in [5, 5.41) is 14.4. The van der Waals surface area contributed by atoms with E-state index in [0.29, 0.717) is 18.7 Å². The first-order chi connectivity index (χ1) is 14.3. The van der Waals surface area contributed by atoms with Gasteiger partial charge in [-0.05, 0) is 30.3 Å². The number of rotatable bonds is 10. The van der Waals surface area contributed by atoms with E-state index in [1.165, 1.54) is 34.8 Å². The predicted molar refractivity (Wildman–Crippen MR) is 109 cm³/mol. The summed E-state index contributed by atoms with van der Waals surface area (Å²) in [6.45, 7) is 3.49. The molecule has 2 aromatic carbocycles. The average Bonchev–Trinajstić information content (AvgIpc) is 2.73. The number of carbonyl (C=O) groups is 2. The summed E-state index contributed by atoms with van der Waals surface area (Å²) in [5.41, 5.74) is 2.88. The zero-order chi connectivity index (χ0) is 22.1. The molecule has 0 bridgehead atoms. The molecule has 0 unspecified atom stereocenters. The van der Waals surface area contributed by atoms with E-state index in [0.717, 1.165) is 0 Å². The van der Waals surface area contributed by atoms with E-state index >= 15 is 0 Å². The molecule has 1 amide bonds. The minimum absolute atomic E-state index is 0.0175. The molecule has 0 aliphatic carbocycles. The minimum atomic E-state index is -3.69. The van der Waals surface area contributed by atoms with Crippen LogP contribution in [-0.4, -0.2) is 50.5 Å². The van der Waals surface area contributed by atoms with Gasteiger partial charge in [0.2, 0.25) is 10.0 Å². The van der Waals surface area contributed by atoms with E-state index in [9.17, 15) is 23.1 Å². The van der Waals surface area contributed by atoms with E-state index in [1.54, 1.807) is 38.1 Å². The quantitative estimate of drug-likeness (QED) is 0.433. The lowest BCUT2D eigenvalue weighted by atomic mass is 10.2. The molecular weight excluding hydrogens is 410 g/mol. The molecular formula is C20H22N3O6S-. The van der Waals surface area contributed by atoms with Crippen molar-refractivity contribution in [1.29, 1.82) is 0 Å². The number of nitrogens with zero attached hydrogens (tertiary/aromatic N) is 2. The number of hydrogen-bond acceptors (Lipinski definition) is 7. The highest BCUT2D eigenvalue weighted by Crippen LogP contribution is 2.17. The molecule has 1 N–H and O–H groups in total. The Balaban J connectivity index is 2.14. The molecule has 0 saturated carbocycles. The van der Waals surface area contributed by atoms with Gasteiger partial charge in [0.15, 0.2) is 0 Å². The molecule has 160 valence electrons. The largest absolute Gasteiger partial charge is 0.546 e. The summed E-state index contributed by atoms with van der Waals surface area (Å²) in [5.74, 6) is -1.71. The smallest absolute Gasteiger partial charge is 0.271 e. The Kier molecular flexibility index (Phi) is 8.07. The van der Waals surface area contributed by atoms with Gasteiger partial charge >= 0.3 is 0 Å². The van der Waals surface area contributed by atoms with Gasteiger partial charge in [0.25, 0.3) is 5.91 Å². The lowest BCUT2D eigenvalue weighted by Gasteiger charge is -2.18. The standard InChI is InChI=1S/C20H23N3O6S/c1-3-23(4-2)30(27,28)17-10-7-9-15(12-17)20(26)22-21-13-16-8-5-6-11-18(16)29-14-19(24)25/h5-13H,3-4,14H2,1-2H3,(H,22,26)(H,24,25)/p-1/b21-13-. The van der Waals surface area contributed by atoms with Crippen molar-refractivity contribution in [1.82, 2.24) is 9.73 Å². The second-order valence-electron chi connectivity index (χ2n) is 6.01. The molecule has 10 heteroatoms. The van der Waals surface area contributed by atoms with Crippen LogP contribution in [0.15, 0.2) is 58.5 Å². The van der Waals surface area contributed by atoms with Crippen LogP contribution in [0.3, 0.4) is 0 Å².